The van der Waals surface area contributed by atoms with Crippen molar-refractivity contribution in [3.63, 3.8) is 0 Å². The lowest BCUT2D eigenvalue weighted by Crippen LogP contribution is -1.83. The molecule has 0 aromatic heterocycles. The van der Waals surface area contributed by atoms with Gasteiger partial charge in [0.1, 0.15) is 0 Å². The van der Waals surface area contributed by atoms with E-state index in [-0.39, 0.29) is 7.92 Å². The monoisotopic (exact) mass is 144 g/mol. The molecule has 1 heteroatoms. The fourth-order valence-corrected chi connectivity index (χ4v) is 2.61. The van der Waals surface area contributed by atoms with Gasteiger partial charge in [-0.15, -0.1) is 0 Å². The van der Waals surface area contributed by atoms with E-state index in [9.17, 15) is 0 Å². The molecular formula is C8H17P. The lowest BCUT2D eigenvalue weighted by atomic mass is 10.6. The van der Waals surface area contributed by atoms with Crippen LogP contribution >= 0.6 is 7.92 Å². The van der Waals surface area contributed by atoms with Gasteiger partial charge in [-0.2, -0.15) is 0 Å². The topological polar surface area (TPSA) is 0 Å². The highest BCUT2D eigenvalue weighted by Crippen LogP contribution is 2.37. The van der Waals surface area contributed by atoms with Crippen LogP contribution in [-0.2, 0) is 0 Å². The normalized spacial score (nSPS) is 10.1. The Hall–Kier alpha value is 0.170. The quantitative estimate of drug-likeness (QED) is 0.518. The number of hydrogen-bond donors (Lipinski definition) is 0. The molecule has 0 rings (SSSR count). The van der Waals surface area contributed by atoms with Crippen molar-refractivity contribution in [2.45, 2.75) is 26.7 Å². The summed E-state index contributed by atoms with van der Waals surface area (Å²) in [5.41, 5.74) is 0. The Morgan fingerprint density at radius 1 is 1.22 bits per heavy atom. The second kappa shape index (κ2) is 6.29. The molecule has 0 amide bonds. The van der Waals surface area contributed by atoms with Crippen molar-refractivity contribution in [3.05, 3.63) is 12.4 Å². The minimum Gasteiger partial charge on any atom is -0.0986 e. The predicted molar refractivity (Wildman–Crippen MR) is 47.4 cm³/mol. The fourth-order valence-electron chi connectivity index (χ4n) is 0.869. The maximum absolute atomic E-state index is 3.83. The van der Waals surface area contributed by atoms with E-state index in [1.165, 1.54) is 25.2 Å². The molecule has 0 radical (unpaired) electrons. The summed E-state index contributed by atoms with van der Waals surface area (Å²) in [5.74, 6) is 2.16. The summed E-state index contributed by atoms with van der Waals surface area (Å²) in [6.45, 7) is 8.32. The molecule has 0 heterocycles. The highest BCUT2D eigenvalue weighted by molar-refractivity contribution is 7.60. The molecule has 54 valence electrons. The average Bonchev–Trinajstić information content (AvgIpc) is 1.88. The van der Waals surface area contributed by atoms with Crippen molar-refractivity contribution < 1.29 is 0 Å². The van der Waals surface area contributed by atoms with Crippen LogP contribution in [0.4, 0.5) is 0 Å². The summed E-state index contributed by atoms with van der Waals surface area (Å²) in [6, 6.07) is 0. The zero-order valence-electron chi connectivity index (χ0n) is 6.56. The second-order valence-electron chi connectivity index (χ2n) is 2.22. The Morgan fingerprint density at radius 3 is 1.89 bits per heavy atom. The van der Waals surface area contributed by atoms with Gasteiger partial charge in [0.05, 0.1) is 0 Å². The summed E-state index contributed by atoms with van der Waals surface area (Å²) in [7, 11) is 0.205. The first-order valence-electron chi connectivity index (χ1n) is 3.71. The molecule has 0 aliphatic heterocycles. The average molecular weight is 144 g/mol. The minimum absolute atomic E-state index is 0.205. The van der Waals surface area contributed by atoms with E-state index in [4.69, 9.17) is 0 Å². The Kier molecular flexibility index (Phi) is 6.41. The van der Waals surface area contributed by atoms with Gasteiger partial charge in [0, 0.05) is 0 Å². The van der Waals surface area contributed by atoms with Gasteiger partial charge < -0.3 is 0 Å². The van der Waals surface area contributed by atoms with Gasteiger partial charge >= 0.3 is 0 Å². The van der Waals surface area contributed by atoms with E-state index < -0.39 is 0 Å². The molecule has 0 aromatic carbocycles. The second-order valence-corrected chi connectivity index (χ2v) is 4.66. The third kappa shape index (κ3) is 4.66. The molecule has 0 saturated carbocycles. The lowest BCUT2D eigenvalue weighted by Gasteiger charge is -2.08. The molecule has 0 aliphatic rings. The molecule has 0 atom stereocenters. The minimum atomic E-state index is 0.205. The van der Waals surface area contributed by atoms with Gasteiger partial charge in [0.25, 0.3) is 0 Å². The van der Waals surface area contributed by atoms with E-state index in [2.05, 4.69) is 26.2 Å². The van der Waals surface area contributed by atoms with Gasteiger partial charge in [-0.25, -0.2) is 0 Å². The van der Waals surface area contributed by atoms with Gasteiger partial charge in [0.2, 0.25) is 0 Å². The van der Waals surface area contributed by atoms with Crippen LogP contribution in [0.3, 0.4) is 0 Å². The van der Waals surface area contributed by atoms with E-state index in [0.717, 1.165) is 0 Å². The highest BCUT2D eigenvalue weighted by atomic mass is 31.1. The standard InChI is InChI=1S/C8H17P/c1-4-7-9(6-3)8-5-2/h6H,3-5,7-8H2,1-2H3. The zero-order valence-corrected chi connectivity index (χ0v) is 7.45. The van der Waals surface area contributed by atoms with Crippen molar-refractivity contribution >= 4 is 7.92 Å². The van der Waals surface area contributed by atoms with Crippen molar-refractivity contribution in [1.29, 1.82) is 0 Å². The van der Waals surface area contributed by atoms with Crippen LogP contribution in [0.2, 0.25) is 0 Å². The first kappa shape index (κ1) is 9.17. The molecule has 9 heavy (non-hydrogen) atoms. The summed E-state index contributed by atoms with van der Waals surface area (Å²) >= 11 is 0. The summed E-state index contributed by atoms with van der Waals surface area (Å²) in [5, 5.41) is 0. The molecule has 0 fully saturated rings. The third-order valence-corrected chi connectivity index (χ3v) is 3.84. The number of rotatable bonds is 5. The van der Waals surface area contributed by atoms with Crippen molar-refractivity contribution in [2.24, 2.45) is 0 Å². The molecule has 0 bridgehead atoms. The van der Waals surface area contributed by atoms with Crippen LogP contribution in [0.15, 0.2) is 12.4 Å². The van der Waals surface area contributed by atoms with E-state index in [1.54, 1.807) is 0 Å². The Balaban J connectivity index is 3.29. The highest BCUT2D eigenvalue weighted by Gasteiger charge is 1.97. The summed E-state index contributed by atoms with van der Waals surface area (Å²) in [4.78, 5) is 0. The van der Waals surface area contributed by atoms with E-state index in [0.29, 0.717) is 0 Å². The SMILES string of the molecule is C=CP(CCC)CCC. The van der Waals surface area contributed by atoms with Gasteiger partial charge in [-0.05, 0) is 12.3 Å². The smallest absolute Gasteiger partial charge is 0.0294 e. The Morgan fingerprint density at radius 2 is 1.67 bits per heavy atom. The molecule has 0 aliphatic carbocycles. The maximum Gasteiger partial charge on any atom is -0.0294 e. The van der Waals surface area contributed by atoms with E-state index >= 15 is 0 Å². The van der Waals surface area contributed by atoms with E-state index in [1.807, 2.05) is 0 Å². The first-order chi connectivity index (χ1) is 4.35. The molecule has 0 spiro atoms. The number of hydrogen-bond acceptors (Lipinski definition) is 0. The summed E-state index contributed by atoms with van der Waals surface area (Å²) in [6.07, 6.45) is 5.40. The summed E-state index contributed by atoms with van der Waals surface area (Å²) < 4.78 is 0. The maximum atomic E-state index is 3.83. The molecule has 0 saturated heterocycles. The molecule has 0 N–H and O–H groups in total. The van der Waals surface area contributed by atoms with Crippen LogP contribution in [0.1, 0.15) is 26.7 Å². The van der Waals surface area contributed by atoms with Crippen molar-refractivity contribution in [2.75, 3.05) is 12.3 Å². The molecular weight excluding hydrogens is 127 g/mol. The lowest BCUT2D eigenvalue weighted by molar-refractivity contribution is 1.06. The van der Waals surface area contributed by atoms with Crippen LogP contribution in [0.25, 0.3) is 0 Å². The largest absolute Gasteiger partial charge is 0.0986 e. The van der Waals surface area contributed by atoms with Crippen LogP contribution in [-0.4, -0.2) is 12.3 Å². The van der Waals surface area contributed by atoms with Crippen molar-refractivity contribution in [3.8, 4) is 0 Å². The Labute approximate surface area is 60.1 Å². The van der Waals surface area contributed by atoms with Gasteiger partial charge in [-0.1, -0.05) is 47.0 Å². The van der Waals surface area contributed by atoms with Crippen LogP contribution in [0, 0.1) is 0 Å². The van der Waals surface area contributed by atoms with Gasteiger partial charge in [-0.3, -0.25) is 0 Å². The Bertz CT molecular complexity index is 63.0. The molecule has 0 unspecified atom stereocenters. The molecule has 0 aromatic rings. The first-order valence-corrected chi connectivity index (χ1v) is 5.49. The third-order valence-electron chi connectivity index (χ3n) is 1.28. The van der Waals surface area contributed by atoms with Crippen LogP contribution in [0.5, 0.6) is 0 Å². The van der Waals surface area contributed by atoms with Crippen molar-refractivity contribution in [1.82, 2.24) is 0 Å². The van der Waals surface area contributed by atoms with Gasteiger partial charge in [0.15, 0.2) is 0 Å². The zero-order chi connectivity index (χ0) is 7.11. The fraction of sp³-hybridized carbons (Fsp3) is 0.750. The molecule has 0 nitrogen and oxygen atoms in total. The van der Waals surface area contributed by atoms with Crippen LogP contribution < -0.4 is 0 Å². The predicted octanol–water partition coefficient (Wildman–Crippen LogP) is 3.43.